The number of hydrogen-bond acceptors (Lipinski definition) is 6. The maximum atomic E-state index is 5.75. The minimum Gasteiger partial charge on any atom is -0.368 e. The number of nitrogens with zero attached hydrogens (tertiary/aromatic N) is 5. The molecule has 106 valence electrons. The van der Waals surface area contributed by atoms with Gasteiger partial charge in [0.05, 0.1) is 6.54 Å². The van der Waals surface area contributed by atoms with Crippen LogP contribution in [-0.2, 0) is 6.54 Å². The zero-order valence-electron chi connectivity index (χ0n) is 12.3. The molecule has 1 fully saturated rings. The van der Waals surface area contributed by atoms with Gasteiger partial charge in [-0.2, -0.15) is 15.0 Å². The number of rotatable bonds is 3. The summed E-state index contributed by atoms with van der Waals surface area (Å²) < 4.78 is 0. The number of nitrogen functional groups attached to an aromatic ring is 1. The Morgan fingerprint density at radius 3 is 2.37 bits per heavy atom. The average Bonchev–Trinajstić information content (AvgIpc) is 2.26. The molecule has 0 radical (unpaired) electrons. The van der Waals surface area contributed by atoms with E-state index in [1.807, 2.05) is 19.0 Å². The maximum Gasteiger partial charge on any atom is 0.229 e. The topological polar surface area (TPSA) is 71.2 Å². The highest BCUT2D eigenvalue weighted by Crippen LogP contribution is 2.22. The number of piperidine rings is 1. The molecular formula is C13H24N6. The predicted octanol–water partition coefficient (Wildman–Crippen LogP) is 0.998. The Morgan fingerprint density at radius 2 is 1.79 bits per heavy atom. The fraction of sp³-hybridized carbons (Fsp3) is 0.769. The average molecular weight is 264 g/mol. The quantitative estimate of drug-likeness (QED) is 0.878. The molecular weight excluding hydrogens is 240 g/mol. The molecule has 2 atom stereocenters. The Kier molecular flexibility index (Phi) is 4.19. The smallest absolute Gasteiger partial charge is 0.229 e. The Hall–Kier alpha value is -1.43. The third-order valence-electron chi connectivity index (χ3n) is 3.40. The van der Waals surface area contributed by atoms with Crippen molar-refractivity contribution in [2.24, 2.45) is 11.8 Å². The van der Waals surface area contributed by atoms with E-state index in [2.05, 4.69) is 33.7 Å². The number of hydrogen-bond donors (Lipinski definition) is 1. The summed E-state index contributed by atoms with van der Waals surface area (Å²) in [4.78, 5) is 17.1. The largest absolute Gasteiger partial charge is 0.368 e. The molecule has 0 aromatic carbocycles. The van der Waals surface area contributed by atoms with Gasteiger partial charge in [0.2, 0.25) is 11.9 Å². The van der Waals surface area contributed by atoms with Crippen LogP contribution in [0.5, 0.6) is 0 Å². The van der Waals surface area contributed by atoms with Gasteiger partial charge >= 0.3 is 0 Å². The van der Waals surface area contributed by atoms with Crippen molar-refractivity contribution < 1.29 is 0 Å². The second kappa shape index (κ2) is 5.69. The molecule has 1 aliphatic rings. The van der Waals surface area contributed by atoms with Gasteiger partial charge in [-0.15, -0.1) is 0 Å². The van der Waals surface area contributed by atoms with Gasteiger partial charge < -0.3 is 10.6 Å². The summed E-state index contributed by atoms with van der Waals surface area (Å²) >= 11 is 0. The Bertz CT molecular complexity index is 423. The number of nitrogens with two attached hydrogens (primary N) is 1. The van der Waals surface area contributed by atoms with E-state index in [0.29, 0.717) is 11.9 Å². The first-order chi connectivity index (χ1) is 8.94. The summed E-state index contributed by atoms with van der Waals surface area (Å²) in [6.45, 7) is 7.56. The maximum absolute atomic E-state index is 5.75. The molecule has 6 nitrogen and oxygen atoms in total. The SMILES string of the molecule is C[C@@H]1C[C@@H](C)CN(Cc2nc(N)nc(N(C)C)n2)C1. The van der Waals surface area contributed by atoms with Crippen molar-refractivity contribution in [3.8, 4) is 0 Å². The first kappa shape index (κ1) is 14.0. The normalized spacial score (nSPS) is 24.4. The minimum atomic E-state index is 0.298. The molecule has 1 saturated heterocycles. The summed E-state index contributed by atoms with van der Waals surface area (Å²) in [6, 6.07) is 0. The second-order valence-corrected chi connectivity index (χ2v) is 5.94. The van der Waals surface area contributed by atoms with E-state index in [4.69, 9.17) is 5.73 Å². The van der Waals surface area contributed by atoms with Gasteiger partial charge in [0.25, 0.3) is 0 Å². The fourth-order valence-corrected chi connectivity index (χ4v) is 2.82. The number of likely N-dealkylation sites (tertiary alicyclic amines) is 1. The van der Waals surface area contributed by atoms with Crippen LogP contribution in [0.1, 0.15) is 26.1 Å². The highest BCUT2D eigenvalue weighted by atomic mass is 15.3. The van der Waals surface area contributed by atoms with E-state index in [1.54, 1.807) is 0 Å². The van der Waals surface area contributed by atoms with E-state index < -0.39 is 0 Å². The first-order valence-corrected chi connectivity index (χ1v) is 6.84. The van der Waals surface area contributed by atoms with Gasteiger partial charge in [-0.3, -0.25) is 4.90 Å². The van der Waals surface area contributed by atoms with Crippen LogP contribution in [-0.4, -0.2) is 47.0 Å². The summed E-state index contributed by atoms with van der Waals surface area (Å²) in [5, 5.41) is 0. The van der Waals surface area contributed by atoms with Crippen LogP contribution in [0, 0.1) is 11.8 Å². The molecule has 2 N–H and O–H groups in total. The Labute approximate surface area is 115 Å². The Balaban J connectivity index is 2.10. The number of aromatic nitrogens is 3. The lowest BCUT2D eigenvalue weighted by molar-refractivity contribution is 0.131. The van der Waals surface area contributed by atoms with Crippen LogP contribution in [0.2, 0.25) is 0 Å². The predicted molar refractivity (Wildman–Crippen MR) is 76.8 cm³/mol. The summed E-state index contributed by atoms with van der Waals surface area (Å²) in [6.07, 6.45) is 1.30. The number of anilines is 2. The van der Waals surface area contributed by atoms with Crippen LogP contribution in [0.4, 0.5) is 11.9 Å². The van der Waals surface area contributed by atoms with Gasteiger partial charge in [-0.05, 0) is 18.3 Å². The van der Waals surface area contributed by atoms with Crippen LogP contribution in [0.15, 0.2) is 0 Å². The minimum absolute atomic E-state index is 0.298. The zero-order valence-corrected chi connectivity index (χ0v) is 12.3. The van der Waals surface area contributed by atoms with Crippen LogP contribution >= 0.6 is 0 Å². The summed E-state index contributed by atoms with van der Waals surface area (Å²) in [5.41, 5.74) is 5.75. The molecule has 2 heterocycles. The molecule has 1 aromatic rings. The molecule has 0 aliphatic carbocycles. The molecule has 0 saturated carbocycles. The van der Waals surface area contributed by atoms with Gasteiger partial charge in [0, 0.05) is 27.2 Å². The molecule has 1 aliphatic heterocycles. The molecule has 1 aromatic heterocycles. The highest BCUT2D eigenvalue weighted by molar-refractivity contribution is 5.32. The van der Waals surface area contributed by atoms with Crippen LogP contribution in [0.3, 0.4) is 0 Å². The molecule has 0 bridgehead atoms. The second-order valence-electron chi connectivity index (χ2n) is 5.94. The standard InChI is InChI=1S/C13H24N6/c1-9-5-10(2)7-19(6-9)8-11-15-12(14)17-13(16-11)18(3)4/h9-10H,5-8H2,1-4H3,(H2,14,15,16,17)/t9-,10-/m1/s1. The van der Waals surface area contributed by atoms with E-state index >= 15 is 0 Å². The van der Waals surface area contributed by atoms with Gasteiger partial charge in [-0.1, -0.05) is 13.8 Å². The molecule has 6 heteroatoms. The lowest BCUT2D eigenvalue weighted by atomic mass is 9.92. The Morgan fingerprint density at radius 1 is 1.16 bits per heavy atom. The van der Waals surface area contributed by atoms with E-state index in [0.717, 1.165) is 37.3 Å². The van der Waals surface area contributed by atoms with E-state index in [1.165, 1.54) is 6.42 Å². The van der Waals surface area contributed by atoms with E-state index in [-0.39, 0.29) is 0 Å². The van der Waals surface area contributed by atoms with Crippen molar-refractivity contribution in [3.63, 3.8) is 0 Å². The molecule has 0 unspecified atom stereocenters. The van der Waals surface area contributed by atoms with Gasteiger partial charge in [0.1, 0.15) is 5.82 Å². The van der Waals surface area contributed by atoms with Crippen LogP contribution < -0.4 is 10.6 Å². The van der Waals surface area contributed by atoms with Crippen molar-refractivity contribution in [1.29, 1.82) is 0 Å². The van der Waals surface area contributed by atoms with Crippen molar-refractivity contribution in [3.05, 3.63) is 5.82 Å². The monoisotopic (exact) mass is 264 g/mol. The van der Waals surface area contributed by atoms with Crippen molar-refractivity contribution >= 4 is 11.9 Å². The fourth-order valence-electron chi connectivity index (χ4n) is 2.82. The third kappa shape index (κ3) is 3.76. The van der Waals surface area contributed by atoms with Gasteiger partial charge in [-0.25, -0.2) is 0 Å². The molecule has 0 amide bonds. The molecule has 0 spiro atoms. The third-order valence-corrected chi connectivity index (χ3v) is 3.40. The first-order valence-electron chi connectivity index (χ1n) is 6.84. The highest BCUT2D eigenvalue weighted by Gasteiger charge is 2.22. The van der Waals surface area contributed by atoms with Crippen molar-refractivity contribution in [2.75, 3.05) is 37.8 Å². The van der Waals surface area contributed by atoms with Crippen LogP contribution in [0.25, 0.3) is 0 Å². The molecule has 19 heavy (non-hydrogen) atoms. The molecule has 2 rings (SSSR count). The lowest BCUT2D eigenvalue weighted by Crippen LogP contribution is -2.38. The zero-order chi connectivity index (χ0) is 14.0. The van der Waals surface area contributed by atoms with E-state index in [9.17, 15) is 0 Å². The van der Waals surface area contributed by atoms with Crippen molar-refractivity contribution in [2.45, 2.75) is 26.8 Å². The van der Waals surface area contributed by atoms with Gasteiger partial charge in [0.15, 0.2) is 0 Å². The summed E-state index contributed by atoms with van der Waals surface area (Å²) in [5.74, 6) is 3.15. The lowest BCUT2D eigenvalue weighted by Gasteiger charge is -2.34. The van der Waals surface area contributed by atoms with Crippen molar-refractivity contribution in [1.82, 2.24) is 19.9 Å². The summed E-state index contributed by atoms with van der Waals surface area (Å²) in [7, 11) is 3.81.